The number of carbonyl (C=O) groups is 2. The summed E-state index contributed by atoms with van der Waals surface area (Å²) in [6.07, 6.45) is 3.00. The van der Waals surface area contributed by atoms with Crippen molar-refractivity contribution in [1.29, 1.82) is 0 Å². The van der Waals surface area contributed by atoms with Gasteiger partial charge in [0.15, 0.2) is 12.4 Å². The van der Waals surface area contributed by atoms with E-state index in [1.165, 1.54) is 13.1 Å². The first-order valence-electron chi connectivity index (χ1n) is 7.11. The number of hydrogen-bond acceptors (Lipinski definition) is 3. The van der Waals surface area contributed by atoms with Gasteiger partial charge >= 0.3 is 0 Å². The van der Waals surface area contributed by atoms with Gasteiger partial charge in [0.1, 0.15) is 5.75 Å². The highest BCUT2D eigenvalue weighted by atomic mass is 35.5. The molecule has 0 radical (unpaired) electrons. The van der Waals surface area contributed by atoms with Crippen LogP contribution >= 0.6 is 23.2 Å². The van der Waals surface area contributed by atoms with Crippen molar-refractivity contribution < 1.29 is 14.3 Å². The number of carbonyl (C=O) groups excluding carboxylic acids is 2. The van der Waals surface area contributed by atoms with E-state index in [2.05, 4.69) is 5.32 Å². The number of halogens is 2. The molecule has 1 N–H and O–H groups in total. The van der Waals surface area contributed by atoms with Crippen LogP contribution < -0.4 is 10.1 Å². The second kappa shape index (κ2) is 8.52. The molecule has 0 aliphatic heterocycles. The Labute approximate surface area is 150 Å². The molecule has 0 spiro atoms. The molecule has 2 aromatic carbocycles. The van der Waals surface area contributed by atoms with Crippen molar-refractivity contribution in [1.82, 2.24) is 5.32 Å². The van der Waals surface area contributed by atoms with E-state index in [9.17, 15) is 9.59 Å². The van der Waals surface area contributed by atoms with Gasteiger partial charge in [-0.1, -0.05) is 29.3 Å². The van der Waals surface area contributed by atoms with Crippen molar-refractivity contribution in [3.05, 3.63) is 69.7 Å². The molecule has 0 bridgehead atoms. The van der Waals surface area contributed by atoms with E-state index in [-0.39, 0.29) is 18.3 Å². The zero-order valence-electron chi connectivity index (χ0n) is 12.9. The van der Waals surface area contributed by atoms with E-state index in [0.29, 0.717) is 26.9 Å². The van der Waals surface area contributed by atoms with Gasteiger partial charge in [0, 0.05) is 28.2 Å². The number of amides is 1. The maximum atomic E-state index is 12.2. The molecule has 0 unspecified atom stereocenters. The standard InChI is InChI=1S/C18H15Cl2NO3/c1-21-18(23)11-24-13-7-5-12(6-8-13)17(22)10-9-14-15(19)3-2-4-16(14)20/h2-10H,11H2,1H3,(H,21,23)/b10-9+. The molecular weight excluding hydrogens is 349 g/mol. The van der Waals surface area contributed by atoms with E-state index < -0.39 is 0 Å². The van der Waals surface area contributed by atoms with Crippen molar-refractivity contribution in [2.75, 3.05) is 13.7 Å². The van der Waals surface area contributed by atoms with Gasteiger partial charge in [0.25, 0.3) is 5.91 Å². The van der Waals surface area contributed by atoms with Gasteiger partial charge in [-0.25, -0.2) is 0 Å². The SMILES string of the molecule is CNC(=O)COc1ccc(C(=O)/C=C/c2c(Cl)cccc2Cl)cc1. The van der Waals surface area contributed by atoms with Gasteiger partial charge in [-0.05, 0) is 48.6 Å². The lowest BCUT2D eigenvalue weighted by Gasteiger charge is -2.05. The van der Waals surface area contributed by atoms with E-state index >= 15 is 0 Å². The number of nitrogens with one attached hydrogen (secondary N) is 1. The lowest BCUT2D eigenvalue weighted by atomic mass is 10.1. The van der Waals surface area contributed by atoms with E-state index in [0.717, 1.165) is 0 Å². The van der Waals surface area contributed by atoms with Crippen LogP contribution in [0, 0.1) is 0 Å². The highest BCUT2D eigenvalue weighted by molar-refractivity contribution is 6.37. The highest BCUT2D eigenvalue weighted by Gasteiger charge is 2.06. The van der Waals surface area contributed by atoms with Crippen LogP contribution in [-0.4, -0.2) is 25.3 Å². The van der Waals surface area contributed by atoms with Crippen molar-refractivity contribution in [2.45, 2.75) is 0 Å². The first-order valence-corrected chi connectivity index (χ1v) is 7.86. The minimum Gasteiger partial charge on any atom is -0.484 e. The van der Waals surface area contributed by atoms with Gasteiger partial charge in [-0.2, -0.15) is 0 Å². The Bertz CT molecular complexity index is 750. The van der Waals surface area contributed by atoms with Gasteiger partial charge in [0.05, 0.1) is 0 Å². The number of hydrogen-bond donors (Lipinski definition) is 1. The summed E-state index contributed by atoms with van der Waals surface area (Å²) in [5.74, 6) is 0.0896. The zero-order valence-corrected chi connectivity index (χ0v) is 14.4. The quantitative estimate of drug-likeness (QED) is 0.622. The summed E-state index contributed by atoms with van der Waals surface area (Å²) < 4.78 is 5.28. The minimum atomic E-state index is -0.227. The summed E-state index contributed by atoms with van der Waals surface area (Å²) in [7, 11) is 1.53. The second-order valence-corrected chi connectivity index (χ2v) is 5.63. The topological polar surface area (TPSA) is 55.4 Å². The van der Waals surface area contributed by atoms with Crippen molar-refractivity contribution in [2.24, 2.45) is 0 Å². The predicted octanol–water partition coefficient (Wildman–Crippen LogP) is 4.01. The van der Waals surface area contributed by atoms with Crippen molar-refractivity contribution in [3.63, 3.8) is 0 Å². The fourth-order valence-corrected chi connectivity index (χ4v) is 2.39. The van der Waals surface area contributed by atoms with Crippen molar-refractivity contribution >= 4 is 41.0 Å². The molecule has 2 aromatic rings. The Morgan fingerprint density at radius 3 is 2.29 bits per heavy atom. The molecule has 0 heterocycles. The molecule has 6 heteroatoms. The highest BCUT2D eigenvalue weighted by Crippen LogP contribution is 2.25. The van der Waals surface area contributed by atoms with Crippen LogP contribution in [-0.2, 0) is 4.79 Å². The number of likely N-dealkylation sites (N-methyl/N-ethyl adjacent to an activating group) is 1. The Morgan fingerprint density at radius 1 is 1.08 bits per heavy atom. The zero-order chi connectivity index (χ0) is 17.5. The third-order valence-electron chi connectivity index (χ3n) is 3.19. The second-order valence-electron chi connectivity index (χ2n) is 4.82. The van der Waals surface area contributed by atoms with Gasteiger partial charge < -0.3 is 10.1 Å². The molecule has 24 heavy (non-hydrogen) atoms. The number of ketones is 1. The maximum absolute atomic E-state index is 12.2. The fourth-order valence-electron chi connectivity index (χ4n) is 1.86. The van der Waals surface area contributed by atoms with E-state index in [1.807, 2.05) is 0 Å². The number of ether oxygens (including phenoxy) is 1. The molecule has 0 aliphatic rings. The largest absolute Gasteiger partial charge is 0.484 e. The number of rotatable bonds is 6. The minimum absolute atomic E-state index is 0.0747. The fraction of sp³-hybridized carbons (Fsp3) is 0.111. The molecule has 0 saturated carbocycles. The summed E-state index contributed by atoms with van der Waals surface area (Å²) in [5, 5.41) is 3.41. The third kappa shape index (κ3) is 4.85. The monoisotopic (exact) mass is 363 g/mol. The lowest BCUT2D eigenvalue weighted by Crippen LogP contribution is -2.24. The van der Waals surface area contributed by atoms with Gasteiger partial charge in [-0.15, -0.1) is 0 Å². The molecule has 4 nitrogen and oxygen atoms in total. The van der Waals surface area contributed by atoms with Crippen LogP contribution in [0.5, 0.6) is 5.75 Å². The number of benzene rings is 2. The molecule has 0 atom stereocenters. The van der Waals surface area contributed by atoms with Crippen LogP contribution in [0.1, 0.15) is 15.9 Å². The molecule has 1 amide bonds. The Kier molecular flexibility index (Phi) is 6.41. The number of allylic oxidation sites excluding steroid dienone is 1. The van der Waals surface area contributed by atoms with Gasteiger partial charge in [0.2, 0.25) is 0 Å². The molecule has 2 rings (SSSR count). The molecule has 0 aromatic heterocycles. The predicted molar refractivity (Wildman–Crippen MR) is 95.8 cm³/mol. The average molecular weight is 364 g/mol. The molecule has 0 aliphatic carbocycles. The van der Waals surface area contributed by atoms with Crippen LogP contribution in [0.25, 0.3) is 6.08 Å². The van der Waals surface area contributed by atoms with E-state index in [4.69, 9.17) is 27.9 Å². The normalized spacial score (nSPS) is 10.6. The smallest absolute Gasteiger partial charge is 0.257 e. The van der Waals surface area contributed by atoms with Crippen LogP contribution in [0.2, 0.25) is 10.0 Å². The van der Waals surface area contributed by atoms with Crippen LogP contribution in [0.4, 0.5) is 0 Å². The summed E-state index contributed by atoms with van der Waals surface area (Å²) in [4.78, 5) is 23.3. The van der Waals surface area contributed by atoms with Crippen LogP contribution in [0.3, 0.4) is 0 Å². The first-order chi connectivity index (χ1) is 11.5. The molecule has 124 valence electrons. The maximum Gasteiger partial charge on any atom is 0.257 e. The average Bonchev–Trinajstić information content (AvgIpc) is 2.59. The molecule has 0 fully saturated rings. The van der Waals surface area contributed by atoms with E-state index in [1.54, 1.807) is 48.5 Å². The summed E-state index contributed by atoms with van der Waals surface area (Å²) in [6, 6.07) is 11.7. The van der Waals surface area contributed by atoms with Crippen LogP contribution in [0.15, 0.2) is 48.5 Å². The summed E-state index contributed by atoms with van der Waals surface area (Å²) in [6.45, 7) is -0.0747. The molecular formula is C18H15Cl2NO3. The lowest BCUT2D eigenvalue weighted by molar-refractivity contribution is -0.122. The summed E-state index contributed by atoms with van der Waals surface area (Å²) >= 11 is 12.1. The summed E-state index contributed by atoms with van der Waals surface area (Å²) in [5.41, 5.74) is 1.08. The third-order valence-corrected chi connectivity index (χ3v) is 3.85. The Morgan fingerprint density at radius 2 is 1.71 bits per heavy atom. The van der Waals surface area contributed by atoms with Gasteiger partial charge in [-0.3, -0.25) is 9.59 Å². The Balaban J connectivity index is 2.05. The van der Waals surface area contributed by atoms with Crippen molar-refractivity contribution in [3.8, 4) is 5.75 Å². The molecule has 0 saturated heterocycles. The Hall–Kier alpha value is -2.30. The first kappa shape index (κ1) is 18.0.